The highest BCUT2D eigenvalue weighted by atomic mass is 35.5. The molecule has 1 aliphatic carbocycles. The molecule has 0 atom stereocenters. The highest BCUT2D eigenvalue weighted by Gasteiger charge is 2.42. The molecule has 0 amide bonds. The summed E-state index contributed by atoms with van der Waals surface area (Å²) < 4.78 is 0. The molecule has 5 nitrogen and oxygen atoms in total. The monoisotopic (exact) mass is 367 g/mol. The Morgan fingerprint density at radius 2 is 1.65 bits per heavy atom. The number of guanidine groups is 2. The fourth-order valence-corrected chi connectivity index (χ4v) is 4.09. The molecule has 1 aliphatic heterocycles. The fourth-order valence-electron chi connectivity index (χ4n) is 3.96. The average molecular weight is 368 g/mol. The lowest BCUT2D eigenvalue weighted by atomic mass is 9.87. The van der Waals surface area contributed by atoms with Gasteiger partial charge in [-0.1, -0.05) is 42.3 Å². The molecular weight excluding hydrogens is 346 g/mol. The summed E-state index contributed by atoms with van der Waals surface area (Å²) in [6.07, 6.45) is 5.28. The molecule has 1 fully saturated rings. The zero-order valence-corrected chi connectivity index (χ0v) is 15.3. The van der Waals surface area contributed by atoms with E-state index in [1.165, 1.54) is 6.42 Å². The van der Waals surface area contributed by atoms with E-state index in [4.69, 9.17) is 28.1 Å². The number of hydrogen-bond donors (Lipinski definition) is 2. The van der Waals surface area contributed by atoms with Crippen molar-refractivity contribution >= 4 is 29.2 Å². The molecule has 2 aromatic rings. The van der Waals surface area contributed by atoms with Gasteiger partial charge in [-0.25, -0.2) is 4.99 Å². The van der Waals surface area contributed by atoms with E-state index < -0.39 is 5.66 Å². The van der Waals surface area contributed by atoms with E-state index in [1.54, 1.807) is 0 Å². The van der Waals surface area contributed by atoms with Crippen molar-refractivity contribution in [1.82, 2.24) is 0 Å². The molecule has 0 bridgehead atoms. The molecule has 1 spiro atoms. The first-order valence-electron chi connectivity index (χ1n) is 8.93. The summed E-state index contributed by atoms with van der Waals surface area (Å²) in [5.74, 6) is 0.683. The van der Waals surface area contributed by atoms with E-state index in [9.17, 15) is 0 Å². The first-order valence-corrected chi connectivity index (χ1v) is 9.31. The third-order valence-electron chi connectivity index (χ3n) is 5.13. The topological polar surface area (TPSA) is 80.0 Å². The number of aliphatic imine (C=N–C) groups is 2. The van der Waals surface area contributed by atoms with E-state index in [0.29, 0.717) is 5.96 Å². The highest BCUT2D eigenvalue weighted by molar-refractivity contribution is 6.30. The van der Waals surface area contributed by atoms with Crippen LogP contribution in [-0.2, 0) is 0 Å². The maximum absolute atomic E-state index is 6.31. The van der Waals surface area contributed by atoms with Crippen molar-refractivity contribution in [2.75, 3.05) is 4.90 Å². The van der Waals surface area contributed by atoms with Crippen LogP contribution in [0.2, 0.25) is 5.02 Å². The van der Waals surface area contributed by atoms with Gasteiger partial charge in [0.15, 0.2) is 0 Å². The van der Waals surface area contributed by atoms with E-state index in [-0.39, 0.29) is 5.96 Å². The molecule has 6 heteroatoms. The summed E-state index contributed by atoms with van der Waals surface area (Å²) in [6.45, 7) is 0. The SMILES string of the molecule is NC1=NC2(CCCCC2)N(c2cccc(-c3ccc(Cl)cc3)c2)C(N)=N1. The number of benzene rings is 2. The Balaban J connectivity index is 1.77. The number of hydrogen-bond acceptors (Lipinski definition) is 5. The molecule has 0 unspecified atom stereocenters. The molecule has 2 aromatic carbocycles. The predicted molar refractivity (Wildman–Crippen MR) is 108 cm³/mol. The fraction of sp³-hybridized carbons (Fsp3) is 0.300. The van der Waals surface area contributed by atoms with Crippen LogP contribution in [0.5, 0.6) is 0 Å². The van der Waals surface area contributed by atoms with E-state index in [0.717, 1.165) is 47.5 Å². The smallest absolute Gasteiger partial charge is 0.220 e. The van der Waals surface area contributed by atoms with Gasteiger partial charge in [0.25, 0.3) is 0 Å². The van der Waals surface area contributed by atoms with Crippen molar-refractivity contribution < 1.29 is 0 Å². The number of nitrogens with two attached hydrogens (primary N) is 2. The van der Waals surface area contributed by atoms with Crippen LogP contribution in [0, 0.1) is 0 Å². The van der Waals surface area contributed by atoms with Gasteiger partial charge in [0.1, 0.15) is 5.66 Å². The highest BCUT2D eigenvalue weighted by Crippen LogP contribution is 2.40. The summed E-state index contributed by atoms with van der Waals surface area (Å²) >= 11 is 6.02. The molecule has 26 heavy (non-hydrogen) atoms. The van der Waals surface area contributed by atoms with Crippen LogP contribution < -0.4 is 16.4 Å². The minimum atomic E-state index is -0.424. The molecule has 0 saturated heterocycles. The van der Waals surface area contributed by atoms with Crippen LogP contribution in [0.25, 0.3) is 11.1 Å². The Morgan fingerprint density at radius 1 is 0.923 bits per heavy atom. The second-order valence-corrected chi connectivity index (χ2v) is 7.31. The molecule has 2 aliphatic rings. The first kappa shape index (κ1) is 16.9. The summed E-state index contributed by atoms with van der Waals surface area (Å²) in [7, 11) is 0. The van der Waals surface area contributed by atoms with Crippen LogP contribution in [-0.4, -0.2) is 17.6 Å². The van der Waals surface area contributed by atoms with Gasteiger partial charge in [-0.3, -0.25) is 4.90 Å². The number of rotatable bonds is 2. The van der Waals surface area contributed by atoms with Gasteiger partial charge >= 0.3 is 0 Å². The predicted octanol–water partition coefficient (Wildman–Crippen LogP) is 4.12. The maximum Gasteiger partial charge on any atom is 0.220 e. The lowest BCUT2D eigenvalue weighted by Crippen LogP contribution is -2.58. The van der Waals surface area contributed by atoms with Gasteiger partial charge < -0.3 is 11.5 Å². The quantitative estimate of drug-likeness (QED) is 0.837. The summed E-state index contributed by atoms with van der Waals surface area (Å²) in [4.78, 5) is 11.0. The van der Waals surface area contributed by atoms with Gasteiger partial charge in [0.05, 0.1) is 0 Å². The van der Waals surface area contributed by atoms with Gasteiger partial charge in [0, 0.05) is 10.7 Å². The minimum Gasteiger partial charge on any atom is -0.369 e. The summed E-state index contributed by atoms with van der Waals surface area (Å²) in [5, 5.41) is 0.725. The zero-order chi connectivity index (χ0) is 18.1. The second-order valence-electron chi connectivity index (χ2n) is 6.88. The van der Waals surface area contributed by atoms with E-state index in [2.05, 4.69) is 28.1 Å². The van der Waals surface area contributed by atoms with Gasteiger partial charge in [-0.2, -0.15) is 4.99 Å². The minimum absolute atomic E-state index is 0.273. The molecule has 134 valence electrons. The standard InChI is InChI=1S/C20H22ClN5/c21-16-9-7-14(8-10-16)15-5-4-6-17(13-15)26-19(23)24-18(22)25-20(26)11-2-1-3-12-20/h4-10,13H,1-3,11-12H2,(H4,22,23,24,25). The second kappa shape index (κ2) is 6.65. The van der Waals surface area contributed by atoms with E-state index in [1.807, 2.05) is 30.3 Å². The van der Waals surface area contributed by atoms with Crippen LogP contribution in [0.4, 0.5) is 5.69 Å². The Bertz CT molecular complexity index is 866. The molecule has 0 aromatic heterocycles. The number of nitrogens with zero attached hydrogens (tertiary/aromatic N) is 3. The van der Waals surface area contributed by atoms with Crippen molar-refractivity contribution in [2.45, 2.75) is 37.8 Å². The van der Waals surface area contributed by atoms with Crippen LogP contribution in [0.3, 0.4) is 0 Å². The third-order valence-corrected chi connectivity index (χ3v) is 5.39. The molecule has 0 radical (unpaired) electrons. The van der Waals surface area contributed by atoms with Crippen molar-refractivity contribution in [1.29, 1.82) is 0 Å². The van der Waals surface area contributed by atoms with Crippen molar-refractivity contribution in [3.63, 3.8) is 0 Å². The zero-order valence-electron chi connectivity index (χ0n) is 14.5. The third kappa shape index (κ3) is 3.03. The summed E-state index contributed by atoms with van der Waals surface area (Å²) in [5.41, 5.74) is 15.0. The lowest BCUT2D eigenvalue weighted by molar-refractivity contribution is 0.305. The molecule has 1 saturated carbocycles. The lowest BCUT2D eigenvalue weighted by Gasteiger charge is -2.45. The van der Waals surface area contributed by atoms with Crippen LogP contribution in [0.15, 0.2) is 58.5 Å². The Morgan fingerprint density at radius 3 is 2.38 bits per heavy atom. The molecule has 4 N–H and O–H groups in total. The molecule has 4 rings (SSSR count). The van der Waals surface area contributed by atoms with Crippen LogP contribution >= 0.6 is 11.6 Å². The largest absolute Gasteiger partial charge is 0.369 e. The normalized spacial score (nSPS) is 19.2. The average Bonchev–Trinajstić information content (AvgIpc) is 2.62. The maximum atomic E-state index is 6.31. The number of halogens is 1. The summed E-state index contributed by atoms with van der Waals surface area (Å²) in [6, 6.07) is 16.1. The van der Waals surface area contributed by atoms with Gasteiger partial charge in [-0.05, 0) is 61.1 Å². The molecular formula is C20H22ClN5. The van der Waals surface area contributed by atoms with Gasteiger partial charge in [0.2, 0.25) is 11.9 Å². The molecule has 1 heterocycles. The van der Waals surface area contributed by atoms with Gasteiger partial charge in [-0.15, -0.1) is 0 Å². The van der Waals surface area contributed by atoms with Crippen molar-refractivity contribution in [2.24, 2.45) is 21.5 Å². The van der Waals surface area contributed by atoms with E-state index >= 15 is 0 Å². The van der Waals surface area contributed by atoms with Crippen molar-refractivity contribution in [3.05, 3.63) is 53.6 Å². The Hall–Kier alpha value is -2.53. The Labute approximate surface area is 158 Å². The first-order chi connectivity index (χ1) is 12.6. The Kier molecular flexibility index (Phi) is 4.32. The van der Waals surface area contributed by atoms with Crippen LogP contribution in [0.1, 0.15) is 32.1 Å². The van der Waals surface area contributed by atoms with Crippen molar-refractivity contribution in [3.8, 4) is 11.1 Å². The number of anilines is 1.